The fraction of sp³-hybridized carbons (Fsp3) is 0.750. The molecule has 0 aliphatic heterocycles. The van der Waals surface area contributed by atoms with Crippen LogP contribution in [0.2, 0.25) is 0 Å². The van der Waals surface area contributed by atoms with Crippen LogP contribution in [-0.2, 0) is 18.3 Å². The Hall–Kier alpha value is -1.16. The van der Waals surface area contributed by atoms with E-state index in [4.69, 9.17) is 0 Å². The molecular formula is C16H27N3O. The zero-order chi connectivity index (χ0) is 14.6. The van der Waals surface area contributed by atoms with E-state index in [9.17, 15) is 4.79 Å². The molecule has 1 fully saturated rings. The SMILES string of the molecule is CN(C)C1(C(=O)CCc2nccn2C)CCCCCC1. The monoisotopic (exact) mass is 277 g/mol. The maximum absolute atomic E-state index is 12.8. The van der Waals surface area contributed by atoms with Crippen LogP contribution in [0.15, 0.2) is 12.4 Å². The number of aromatic nitrogens is 2. The Morgan fingerprint density at radius 2 is 1.95 bits per heavy atom. The number of likely N-dealkylation sites (N-methyl/N-ethyl adjacent to an activating group) is 1. The van der Waals surface area contributed by atoms with Crippen molar-refractivity contribution in [1.82, 2.24) is 14.5 Å². The molecule has 4 nitrogen and oxygen atoms in total. The van der Waals surface area contributed by atoms with Gasteiger partial charge in [-0.05, 0) is 26.9 Å². The Kier molecular flexibility index (Phi) is 4.97. The van der Waals surface area contributed by atoms with Crippen LogP contribution in [0, 0.1) is 0 Å². The van der Waals surface area contributed by atoms with Gasteiger partial charge in [-0.3, -0.25) is 9.69 Å². The number of Topliss-reactive ketones (excluding diaryl/α,β-unsaturated/α-hetero) is 1. The van der Waals surface area contributed by atoms with Gasteiger partial charge in [-0.1, -0.05) is 25.7 Å². The van der Waals surface area contributed by atoms with E-state index in [-0.39, 0.29) is 5.54 Å². The molecule has 0 unspecified atom stereocenters. The minimum atomic E-state index is -0.234. The summed E-state index contributed by atoms with van der Waals surface area (Å²) < 4.78 is 2.00. The van der Waals surface area contributed by atoms with Crippen LogP contribution < -0.4 is 0 Å². The maximum Gasteiger partial charge on any atom is 0.153 e. The van der Waals surface area contributed by atoms with Crippen molar-refractivity contribution in [2.75, 3.05) is 14.1 Å². The molecule has 2 rings (SSSR count). The smallest absolute Gasteiger partial charge is 0.153 e. The van der Waals surface area contributed by atoms with Crippen molar-refractivity contribution < 1.29 is 4.79 Å². The van der Waals surface area contributed by atoms with Crippen LogP contribution in [0.3, 0.4) is 0 Å². The van der Waals surface area contributed by atoms with Crippen LogP contribution >= 0.6 is 0 Å². The maximum atomic E-state index is 12.8. The third-order valence-electron chi connectivity index (χ3n) is 4.80. The Labute approximate surface area is 122 Å². The predicted molar refractivity (Wildman–Crippen MR) is 80.7 cm³/mol. The summed E-state index contributed by atoms with van der Waals surface area (Å²) >= 11 is 0. The first kappa shape index (κ1) is 15.2. The number of carbonyl (C=O) groups is 1. The van der Waals surface area contributed by atoms with Gasteiger partial charge in [-0.2, -0.15) is 0 Å². The van der Waals surface area contributed by atoms with Crippen molar-refractivity contribution in [2.45, 2.75) is 56.9 Å². The van der Waals surface area contributed by atoms with Gasteiger partial charge in [0.25, 0.3) is 0 Å². The van der Waals surface area contributed by atoms with Gasteiger partial charge in [0.15, 0.2) is 5.78 Å². The molecule has 0 radical (unpaired) electrons. The van der Waals surface area contributed by atoms with Crippen molar-refractivity contribution in [2.24, 2.45) is 7.05 Å². The summed E-state index contributed by atoms with van der Waals surface area (Å²) in [6, 6.07) is 0. The topological polar surface area (TPSA) is 38.1 Å². The standard InChI is InChI=1S/C16H27N3O/c1-18(2)16(10-6-4-5-7-11-16)14(20)8-9-15-17-12-13-19(15)3/h12-13H,4-11H2,1-3H3. The van der Waals surface area contributed by atoms with Crippen molar-refractivity contribution in [3.63, 3.8) is 0 Å². The highest BCUT2D eigenvalue weighted by atomic mass is 16.1. The Balaban J connectivity index is 2.05. The molecule has 0 amide bonds. The molecule has 20 heavy (non-hydrogen) atoms. The minimum absolute atomic E-state index is 0.234. The van der Waals surface area contributed by atoms with E-state index in [0.717, 1.165) is 25.1 Å². The Morgan fingerprint density at radius 3 is 2.45 bits per heavy atom. The molecule has 0 saturated heterocycles. The second-order valence-corrected chi connectivity index (χ2v) is 6.22. The van der Waals surface area contributed by atoms with E-state index in [2.05, 4.69) is 24.0 Å². The van der Waals surface area contributed by atoms with Gasteiger partial charge in [0, 0.05) is 32.3 Å². The first-order valence-electron chi connectivity index (χ1n) is 7.73. The van der Waals surface area contributed by atoms with Gasteiger partial charge >= 0.3 is 0 Å². The number of imidazole rings is 1. The van der Waals surface area contributed by atoms with Crippen LogP contribution in [0.1, 0.15) is 50.8 Å². The Bertz CT molecular complexity index is 442. The molecule has 1 saturated carbocycles. The number of hydrogen-bond acceptors (Lipinski definition) is 3. The molecule has 1 aromatic heterocycles. The molecule has 1 heterocycles. The number of aryl methyl sites for hydroxylation is 2. The van der Waals surface area contributed by atoms with Crippen molar-refractivity contribution >= 4 is 5.78 Å². The molecule has 0 spiro atoms. The third kappa shape index (κ3) is 3.11. The number of rotatable bonds is 5. The van der Waals surface area contributed by atoms with E-state index in [1.165, 1.54) is 25.7 Å². The van der Waals surface area contributed by atoms with E-state index in [1.54, 1.807) is 6.20 Å². The molecular weight excluding hydrogens is 250 g/mol. The molecule has 4 heteroatoms. The van der Waals surface area contributed by atoms with Gasteiger partial charge < -0.3 is 4.57 Å². The van der Waals surface area contributed by atoms with E-state index in [0.29, 0.717) is 12.2 Å². The zero-order valence-corrected chi connectivity index (χ0v) is 13.1. The number of carbonyl (C=O) groups excluding carboxylic acids is 1. The van der Waals surface area contributed by atoms with Crippen molar-refractivity contribution in [3.05, 3.63) is 18.2 Å². The van der Waals surface area contributed by atoms with Crippen molar-refractivity contribution in [1.29, 1.82) is 0 Å². The average Bonchev–Trinajstić information content (AvgIpc) is 2.67. The number of nitrogens with zero attached hydrogens (tertiary/aromatic N) is 3. The van der Waals surface area contributed by atoms with E-state index in [1.807, 2.05) is 17.8 Å². The van der Waals surface area contributed by atoms with Gasteiger partial charge in [-0.15, -0.1) is 0 Å². The van der Waals surface area contributed by atoms with E-state index < -0.39 is 0 Å². The molecule has 1 aromatic rings. The lowest BCUT2D eigenvalue weighted by molar-refractivity contribution is -0.130. The summed E-state index contributed by atoms with van der Waals surface area (Å²) in [4.78, 5) is 19.3. The number of ketones is 1. The highest BCUT2D eigenvalue weighted by Gasteiger charge is 2.39. The molecule has 0 bridgehead atoms. The Morgan fingerprint density at radius 1 is 1.30 bits per heavy atom. The highest BCUT2D eigenvalue weighted by Crippen LogP contribution is 2.33. The minimum Gasteiger partial charge on any atom is -0.338 e. The van der Waals surface area contributed by atoms with Crippen molar-refractivity contribution in [3.8, 4) is 0 Å². The summed E-state index contributed by atoms with van der Waals surface area (Å²) in [6.45, 7) is 0. The zero-order valence-electron chi connectivity index (χ0n) is 13.1. The second-order valence-electron chi connectivity index (χ2n) is 6.22. The van der Waals surface area contributed by atoms with Gasteiger partial charge in [0.2, 0.25) is 0 Å². The summed E-state index contributed by atoms with van der Waals surface area (Å²) in [7, 11) is 6.11. The van der Waals surface area contributed by atoms with Crippen LogP contribution in [-0.4, -0.2) is 39.9 Å². The summed E-state index contributed by atoms with van der Waals surface area (Å²) in [5.74, 6) is 1.40. The normalized spacial score (nSPS) is 19.0. The van der Waals surface area contributed by atoms with Gasteiger partial charge in [0.05, 0.1) is 5.54 Å². The second kappa shape index (κ2) is 6.53. The molecule has 1 aliphatic carbocycles. The summed E-state index contributed by atoms with van der Waals surface area (Å²) in [5, 5.41) is 0. The predicted octanol–water partition coefficient (Wildman–Crippen LogP) is 2.58. The fourth-order valence-corrected chi connectivity index (χ4v) is 3.38. The molecule has 0 atom stereocenters. The lowest BCUT2D eigenvalue weighted by Gasteiger charge is -2.38. The molecule has 0 aromatic carbocycles. The summed E-state index contributed by atoms with van der Waals surface area (Å²) in [5.41, 5.74) is -0.234. The van der Waals surface area contributed by atoms with Crippen LogP contribution in [0.4, 0.5) is 0 Å². The third-order valence-corrected chi connectivity index (χ3v) is 4.80. The lowest BCUT2D eigenvalue weighted by Crippen LogP contribution is -2.51. The first-order valence-corrected chi connectivity index (χ1v) is 7.73. The highest BCUT2D eigenvalue weighted by molar-refractivity contribution is 5.88. The fourth-order valence-electron chi connectivity index (χ4n) is 3.38. The lowest BCUT2D eigenvalue weighted by atomic mass is 9.82. The first-order chi connectivity index (χ1) is 9.56. The summed E-state index contributed by atoms with van der Waals surface area (Å²) in [6.07, 6.45) is 12.0. The molecule has 0 N–H and O–H groups in total. The van der Waals surface area contributed by atoms with E-state index >= 15 is 0 Å². The average molecular weight is 277 g/mol. The molecule has 112 valence electrons. The number of hydrogen-bond donors (Lipinski definition) is 0. The quantitative estimate of drug-likeness (QED) is 0.776. The largest absolute Gasteiger partial charge is 0.338 e. The van der Waals surface area contributed by atoms with Crippen LogP contribution in [0.25, 0.3) is 0 Å². The molecule has 1 aliphatic rings. The van der Waals surface area contributed by atoms with Crippen LogP contribution in [0.5, 0.6) is 0 Å². The van der Waals surface area contributed by atoms with Gasteiger partial charge in [-0.25, -0.2) is 4.98 Å². The van der Waals surface area contributed by atoms with Gasteiger partial charge in [0.1, 0.15) is 5.82 Å².